The molecule has 0 spiro atoms. The van der Waals surface area contributed by atoms with Crippen LogP contribution in [0.15, 0.2) is 57.7 Å². The SMILES string of the molecule is CCOC(=O)c1c(N=Cc2ccc(OCC)c(OC)c2)sc(SC#N)c1-c1ccccc1. The van der Waals surface area contributed by atoms with E-state index < -0.39 is 5.97 Å². The Labute approximate surface area is 195 Å². The minimum Gasteiger partial charge on any atom is -0.493 e. The van der Waals surface area contributed by atoms with E-state index in [-0.39, 0.29) is 6.61 Å². The predicted octanol–water partition coefficient (Wildman–Crippen LogP) is 6.32. The maximum absolute atomic E-state index is 12.9. The van der Waals surface area contributed by atoms with Gasteiger partial charge in [0.05, 0.1) is 24.5 Å². The van der Waals surface area contributed by atoms with Gasteiger partial charge in [-0.25, -0.2) is 9.79 Å². The molecule has 0 saturated carbocycles. The number of thiocyanates is 1. The fourth-order valence-corrected chi connectivity index (χ4v) is 4.85. The first-order chi connectivity index (χ1) is 15.6. The van der Waals surface area contributed by atoms with Gasteiger partial charge in [0, 0.05) is 23.5 Å². The highest BCUT2D eigenvalue weighted by atomic mass is 32.2. The van der Waals surface area contributed by atoms with Gasteiger partial charge >= 0.3 is 5.97 Å². The number of ether oxygens (including phenoxy) is 3. The van der Waals surface area contributed by atoms with Crippen LogP contribution in [0.5, 0.6) is 11.5 Å². The molecule has 1 heterocycles. The molecule has 0 N–H and O–H groups in total. The monoisotopic (exact) mass is 466 g/mol. The van der Waals surface area contributed by atoms with Crippen LogP contribution < -0.4 is 9.47 Å². The average Bonchev–Trinajstić information content (AvgIpc) is 3.17. The Morgan fingerprint density at radius 2 is 1.94 bits per heavy atom. The van der Waals surface area contributed by atoms with Crippen LogP contribution >= 0.6 is 23.1 Å². The lowest BCUT2D eigenvalue weighted by Crippen LogP contribution is -2.05. The quantitative estimate of drug-likeness (QED) is 0.159. The number of aliphatic imine (C=N–C) groups is 1. The highest BCUT2D eigenvalue weighted by Gasteiger charge is 2.26. The summed E-state index contributed by atoms with van der Waals surface area (Å²) in [7, 11) is 1.58. The zero-order valence-corrected chi connectivity index (χ0v) is 19.6. The lowest BCUT2D eigenvalue weighted by atomic mass is 10.0. The lowest BCUT2D eigenvalue weighted by molar-refractivity contribution is 0.0528. The summed E-state index contributed by atoms with van der Waals surface area (Å²) in [5.74, 6) is 0.775. The van der Waals surface area contributed by atoms with Crippen molar-refractivity contribution in [1.29, 1.82) is 5.26 Å². The van der Waals surface area contributed by atoms with E-state index in [0.29, 0.717) is 38.4 Å². The van der Waals surface area contributed by atoms with Gasteiger partial charge < -0.3 is 14.2 Å². The van der Waals surface area contributed by atoms with Crippen LogP contribution in [0.25, 0.3) is 11.1 Å². The third-order valence-corrected chi connectivity index (χ3v) is 6.23. The van der Waals surface area contributed by atoms with E-state index >= 15 is 0 Å². The van der Waals surface area contributed by atoms with Gasteiger partial charge in [-0.1, -0.05) is 30.3 Å². The van der Waals surface area contributed by atoms with Crippen molar-refractivity contribution in [3.05, 3.63) is 59.7 Å². The second-order valence-corrected chi connectivity index (χ2v) is 8.38. The molecule has 0 fully saturated rings. The normalized spacial score (nSPS) is 10.7. The number of carbonyl (C=O) groups is 1. The zero-order chi connectivity index (χ0) is 22.9. The number of thiophene rings is 1. The molecule has 0 aliphatic heterocycles. The second-order valence-electron chi connectivity index (χ2n) is 6.33. The Hall–Kier alpha value is -3.28. The minimum atomic E-state index is -0.469. The fourth-order valence-electron chi connectivity index (χ4n) is 3.04. The number of carbonyl (C=O) groups excluding carboxylic acids is 1. The van der Waals surface area contributed by atoms with Gasteiger partial charge in [0.25, 0.3) is 0 Å². The number of thioether (sulfide) groups is 1. The molecular weight excluding hydrogens is 444 g/mol. The molecule has 0 unspecified atom stereocenters. The Morgan fingerprint density at radius 1 is 1.16 bits per heavy atom. The fraction of sp³-hybridized carbons (Fsp3) is 0.208. The van der Waals surface area contributed by atoms with Gasteiger partial charge in [0.15, 0.2) is 11.5 Å². The van der Waals surface area contributed by atoms with E-state index in [2.05, 4.69) is 10.4 Å². The summed E-state index contributed by atoms with van der Waals surface area (Å²) < 4.78 is 17.0. The highest BCUT2D eigenvalue weighted by molar-refractivity contribution is 8.05. The predicted molar refractivity (Wildman–Crippen MR) is 129 cm³/mol. The molecule has 2 aromatic carbocycles. The van der Waals surface area contributed by atoms with Gasteiger partial charge in [-0.05, 0) is 43.2 Å². The summed E-state index contributed by atoms with van der Waals surface area (Å²) in [6, 6.07) is 15.0. The van der Waals surface area contributed by atoms with Crippen LogP contribution in [0.3, 0.4) is 0 Å². The smallest absolute Gasteiger partial charge is 0.341 e. The van der Waals surface area contributed by atoms with Crippen LogP contribution in [0.4, 0.5) is 5.00 Å². The molecule has 1 aromatic heterocycles. The van der Waals surface area contributed by atoms with E-state index in [1.807, 2.05) is 55.5 Å². The Bertz CT molecular complexity index is 1150. The number of nitriles is 1. The molecule has 0 saturated heterocycles. The van der Waals surface area contributed by atoms with Crippen LogP contribution in [0, 0.1) is 10.7 Å². The van der Waals surface area contributed by atoms with Crippen molar-refractivity contribution < 1.29 is 19.0 Å². The van der Waals surface area contributed by atoms with Crippen molar-refractivity contribution in [3.8, 4) is 28.0 Å². The van der Waals surface area contributed by atoms with Crippen molar-refractivity contribution in [2.75, 3.05) is 20.3 Å². The highest BCUT2D eigenvalue weighted by Crippen LogP contribution is 2.47. The molecule has 0 atom stereocenters. The van der Waals surface area contributed by atoms with Crippen molar-refractivity contribution in [3.63, 3.8) is 0 Å². The number of rotatable bonds is 9. The summed E-state index contributed by atoms with van der Waals surface area (Å²) in [4.78, 5) is 17.5. The summed E-state index contributed by atoms with van der Waals surface area (Å²) in [5, 5.41) is 11.9. The average molecular weight is 467 g/mol. The topological polar surface area (TPSA) is 80.9 Å². The number of methoxy groups -OCH3 is 1. The molecule has 0 radical (unpaired) electrons. The zero-order valence-electron chi connectivity index (χ0n) is 18.0. The number of hydrogen-bond donors (Lipinski definition) is 0. The molecule has 6 nitrogen and oxygen atoms in total. The summed E-state index contributed by atoms with van der Waals surface area (Å²) in [6.07, 6.45) is 1.66. The van der Waals surface area contributed by atoms with E-state index in [1.54, 1.807) is 20.2 Å². The number of nitrogens with zero attached hydrogens (tertiary/aromatic N) is 2. The maximum Gasteiger partial charge on any atom is 0.341 e. The molecule has 8 heteroatoms. The van der Waals surface area contributed by atoms with Gasteiger partial charge in [-0.3, -0.25) is 0 Å². The van der Waals surface area contributed by atoms with Crippen molar-refractivity contribution >= 4 is 40.3 Å². The standard InChI is InChI=1S/C24H22N2O4S2/c1-4-29-18-12-11-16(13-19(18)28-3)14-26-22-21(23(27)30-5-2)20(24(32-22)31-15-25)17-9-7-6-8-10-17/h6-14H,4-5H2,1-3H3. The van der Waals surface area contributed by atoms with Crippen LogP contribution in [0.2, 0.25) is 0 Å². The number of benzene rings is 2. The van der Waals surface area contributed by atoms with Gasteiger partial charge in [-0.15, -0.1) is 11.3 Å². The summed E-state index contributed by atoms with van der Waals surface area (Å²) in [5.41, 5.74) is 2.63. The molecule has 32 heavy (non-hydrogen) atoms. The molecule has 3 rings (SSSR count). The van der Waals surface area contributed by atoms with E-state index in [1.165, 1.54) is 11.3 Å². The molecule has 3 aromatic rings. The third kappa shape index (κ3) is 5.31. The first kappa shape index (κ1) is 23.4. The molecule has 164 valence electrons. The Morgan fingerprint density at radius 3 is 2.59 bits per heavy atom. The molecule has 0 aliphatic carbocycles. The first-order valence-corrected chi connectivity index (χ1v) is 11.6. The molecule has 0 aliphatic rings. The van der Waals surface area contributed by atoms with Gasteiger partial charge in [-0.2, -0.15) is 5.26 Å². The maximum atomic E-state index is 12.9. The summed E-state index contributed by atoms with van der Waals surface area (Å²) in [6.45, 7) is 4.43. The summed E-state index contributed by atoms with van der Waals surface area (Å²) >= 11 is 2.29. The van der Waals surface area contributed by atoms with E-state index in [4.69, 9.17) is 14.2 Å². The largest absolute Gasteiger partial charge is 0.493 e. The van der Waals surface area contributed by atoms with Crippen molar-refractivity contribution in [2.24, 2.45) is 4.99 Å². The molecular formula is C24H22N2O4S2. The van der Waals surface area contributed by atoms with E-state index in [9.17, 15) is 10.1 Å². The van der Waals surface area contributed by atoms with Crippen LogP contribution in [-0.2, 0) is 4.74 Å². The molecule has 0 bridgehead atoms. The minimum absolute atomic E-state index is 0.239. The lowest BCUT2D eigenvalue weighted by Gasteiger charge is -2.09. The van der Waals surface area contributed by atoms with Gasteiger partial charge in [0.1, 0.15) is 16.0 Å². The number of esters is 1. The van der Waals surface area contributed by atoms with Gasteiger partial charge in [0.2, 0.25) is 0 Å². The second kappa shape index (κ2) is 11.4. The first-order valence-electron chi connectivity index (χ1n) is 9.93. The molecule has 0 amide bonds. The van der Waals surface area contributed by atoms with E-state index in [0.717, 1.165) is 22.9 Å². The third-order valence-electron chi connectivity index (χ3n) is 4.36. The van der Waals surface area contributed by atoms with Crippen molar-refractivity contribution in [1.82, 2.24) is 0 Å². The van der Waals surface area contributed by atoms with Crippen LogP contribution in [-0.4, -0.2) is 32.5 Å². The Kier molecular flexibility index (Phi) is 8.31. The van der Waals surface area contributed by atoms with Crippen molar-refractivity contribution in [2.45, 2.75) is 18.1 Å². The Balaban J connectivity index is 2.10. The number of hydrogen-bond acceptors (Lipinski definition) is 8. The van der Waals surface area contributed by atoms with Crippen LogP contribution in [0.1, 0.15) is 29.8 Å².